The largest absolute Gasteiger partial charge is 0.355 e. The van der Waals surface area contributed by atoms with Crippen LogP contribution in [0.1, 0.15) is 46.5 Å². The molecule has 1 amide bonds. The predicted octanol–water partition coefficient (Wildman–Crippen LogP) is 3.32. The molecule has 0 bridgehead atoms. The number of nitrogens with one attached hydrogen (secondary N) is 1. The normalized spacial score (nSPS) is 27.8. The first-order chi connectivity index (χ1) is 7.93. The molecule has 1 aliphatic carbocycles. The summed E-state index contributed by atoms with van der Waals surface area (Å²) in [6.45, 7) is 7.80. The van der Waals surface area contributed by atoms with Gasteiger partial charge in [-0.25, -0.2) is 0 Å². The predicted molar refractivity (Wildman–Crippen MR) is 76.3 cm³/mol. The number of thioether (sulfide) groups is 1. The molecule has 0 spiro atoms. The van der Waals surface area contributed by atoms with E-state index in [1.165, 1.54) is 19.3 Å². The summed E-state index contributed by atoms with van der Waals surface area (Å²) in [6, 6.07) is 0. The Morgan fingerprint density at radius 1 is 1.41 bits per heavy atom. The van der Waals surface area contributed by atoms with Crippen LogP contribution in [0.2, 0.25) is 0 Å². The van der Waals surface area contributed by atoms with E-state index in [0.717, 1.165) is 24.6 Å². The molecule has 0 heterocycles. The maximum absolute atomic E-state index is 11.8. The molecular weight excluding hydrogens is 230 g/mol. The van der Waals surface area contributed by atoms with Crippen LogP contribution in [0.5, 0.6) is 0 Å². The van der Waals surface area contributed by atoms with Crippen molar-refractivity contribution in [2.45, 2.75) is 46.5 Å². The van der Waals surface area contributed by atoms with Gasteiger partial charge in [0.15, 0.2) is 0 Å². The van der Waals surface area contributed by atoms with Gasteiger partial charge in [-0.05, 0) is 42.8 Å². The quantitative estimate of drug-likeness (QED) is 0.766. The highest BCUT2D eigenvalue weighted by atomic mass is 32.2. The third kappa shape index (κ3) is 5.80. The monoisotopic (exact) mass is 257 g/mol. The third-order valence-electron chi connectivity index (χ3n) is 3.58. The van der Waals surface area contributed by atoms with Crippen molar-refractivity contribution in [3.05, 3.63) is 0 Å². The Morgan fingerprint density at radius 2 is 2.12 bits per heavy atom. The van der Waals surface area contributed by atoms with Crippen LogP contribution in [0.4, 0.5) is 0 Å². The maximum Gasteiger partial charge on any atom is 0.220 e. The van der Waals surface area contributed by atoms with Crippen molar-refractivity contribution in [3.8, 4) is 0 Å². The van der Waals surface area contributed by atoms with Crippen LogP contribution < -0.4 is 5.32 Å². The summed E-state index contributed by atoms with van der Waals surface area (Å²) in [5.41, 5.74) is 0.419. The Labute approximate surface area is 110 Å². The smallest absolute Gasteiger partial charge is 0.220 e. The summed E-state index contributed by atoms with van der Waals surface area (Å²) in [5, 5.41) is 3.01. The summed E-state index contributed by atoms with van der Waals surface area (Å²) in [7, 11) is 0. The molecule has 0 aromatic rings. The van der Waals surface area contributed by atoms with Gasteiger partial charge in [-0.1, -0.05) is 20.8 Å². The van der Waals surface area contributed by atoms with Crippen LogP contribution in [0.15, 0.2) is 0 Å². The Balaban J connectivity index is 2.32. The summed E-state index contributed by atoms with van der Waals surface area (Å²) in [4.78, 5) is 11.8. The summed E-state index contributed by atoms with van der Waals surface area (Å²) in [5.74, 6) is 2.61. The minimum Gasteiger partial charge on any atom is -0.355 e. The molecule has 1 saturated carbocycles. The number of hydrogen-bond donors (Lipinski definition) is 1. The fourth-order valence-electron chi connectivity index (χ4n) is 3.33. The van der Waals surface area contributed by atoms with Crippen LogP contribution in [-0.4, -0.2) is 24.5 Å². The minimum absolute atomic E-state index is 0.244. The van der Waals surface area contributed by atoms with E-state index in [4.69, 9.17) is 0 Å². The minimum atomic E-state index is 0.244. The number of amides is 1. The van der Waals surface area contributed by atoms with Gasteiger partial charge in [0, 0.05) is 18.7 Å². The molecule has 1 N–H and O–H groups in total. The molecule has 3 heteroatoms. The maximum atomic E-state index is 11.8. The molecule has 0 aromatic heterocycles. The number of rotatable bonds is 5. The van der Waals surface area contributed by atoms with Crippen molar-refractivity contribution in [3.63, 3.8) is 0 Å². The van der Waals surface area contributed by atoms with Gasteiger partial charge in [-0.2, -0.15) is 11.8 Å². The molecule has 0 aliphatic heterocycles. The summed E-state index contributed by atoms with van der Waals surface area (Å²) >= 11 is 1.78. The van der Waals surface area contributed by atoms with E-state index in [2.05, 4.69) is 32.3 Å². The molecule has 2 unspecified atom stereocenters. The first-order valence-electron chi connectivity index (χ1n) is 6.68. The molecule has 100 valence electrons. The SMILES string of the molecule is CSCCNC(=O)CC1CC(C)CC(C)(C)C1. The number of hydrogen-bond acceptors (Lipinski definition) is 2. The molecule has 17 heavy (non-hydrogen) atoms. The van der Waals surface area contributed by atoms with E-state index in [1.54, 1.807) is 11.8 Å². The Bertz CT molecular complexity index is 253. The van der Waals surface area contributed by atoms with Gasteiger partial charge in [0.1, 0.15) is 0 Å². The van der Waals surface area contributed by atoms with E-state index in [9.17, 15) is 4.79 Å². The lowest BCUT2D eigenvalue weighted by Gasteiger charge is -2.38. The zero-order chi connectivity index (χ0) is 12.9. The number of carbonyl (C=O) groups is 1. The van der Waals surface area contributed by atoms with E-state index in [-0.39, 0.29) is 5.91 Å². The van der Waals surface area contributed by atoms with E-state index < -0.39 is 0 Å². The highest BCUT2D eigenvalue weighted by molar-refractivity contribution is 7.98. The average Bonchev–Trinajstić information content (AvgIpc) is 2.14. The molecule has 0 radical (unpaired) electrons. The Morgan fingerprint density at radius 3 is 2.71 bits per heavy atom. The van der Waals surface area contributed by atoms with Crippen molar-refractivity contribution >= 4 is 17.7 Å². The van der Waals surface area contributed by atoms with E-state index in [1.807, 2.05) is 0 Å². The highest BCUT2D eigenvalue weighted by Gasteiger charge is 2.32. The standard InChI is InChI=1S/C14H27NOS/c1-11-7-12(10-14(2,3)9-11)8-13(16)15-5-6-17-4/h11-12H,5-10H2,1-4H3,(H,15,16). The van der Waals surface area contributed by atoms with Crippen molar-refractivity contribution in [2.75, 3.05) is 18.6 Å². The lowest BCUT2D eigenvalue weighted by atomic mass is 9.67. The lowest BCUT2D eigenvalue weighted by Crippen LogP contribution is -2.33. The number of carbonyl (C=O) groups excluding carboxylic acids is 1. The van der Waals surface area contributed by atoms with Crippen LogP contribution in [0.25, 0.3) is 0 Å². The summed E-state index contributed by atoms with van der Waals surface area (Å²) < 4.78 is 0. The Hall–Kier alpha value is -0.180. The summed E-state index contributed by atoms with van der Waals surface area (Å²) in [6.07, 6.45) is 6.52. The van der Waals surface area contributed by atoms with Crippen molar-refractivity contribution in [2.24, 2.45) is 17.3 Å². The fraction of sp³-hybridized carbons (Fsp3) is 0.929. The zero-order valence-corrected chi connectivity index (χ0v) is 12.5. The average molecular weight is 257 g/mol. The van der Waals surface area contributed by atoms with Gasteiger partial charge in [0.05, 0.1) is 0 Å². The Kier molecular flexibility index (Phi) is 5.84. The molecule has 1 aliphatic rings. The van der Waals surface area contributed by atoms with Gasteiger partial charge < -0.3 is 5.32 Å². The van der Waals surface area contributed by atoms with Crippen LogP contribution in [0, 0.1) is 17.3 Å². The molecular formula is C14H27NOS. The molecule has 2 atom stereocenters. The lowest BCUT2D eigenvalue weighted by molar-refractivity contribution is -0.122. The molecule has 2 nitrogen and oxygen atoms in total. The van der Waals surface area contributed by atoms with Gasteiger partial charge in [-0.3, -0.25) is 4.79 Å². The molecule has 0 saturated heterocycles. The third-order valence-corrected chi connectivity index (χ3v) is 4.19. The first-order valence-corrected chi connectivity index (χ1v) is 8.08. The topological polar surface area (TPSA) is 29.1 Å². The molecule has 1 fully saturated rings. The van der Waals surface area contributed by atoms with Gasteiger partial charge in [0.25, 0.3) is 0 Å². The second kappa shape index (κ2) is 6.67. The van der Waals surface area contributed by atoms with Gasteiger partial charge in [0.2, 0.25) is 5.91 Å². The van der Waals surface area contributed by atoms with E-state index in [0.29, 0.717) is 11.3 Å². The van der Waals surface area contributed by atoms with E-state index >= 15 is 0 Å². The van der Waals surface area contributed by atoms with Crippen molar-refractivity contribution < 1.29 is 4.79 Å². The van der Waals surface area contributed by atoms with Crippen molar-refractivity contribution in [1.82, 2.24) is 5.32 Å². The first kappa shape index (κ1) is 14.9. The molecule has 1 rings (SSSR count). The van der Waals surface area contributed by atoms with Gasteiger partial charge >= 0.3 is 0 Å². The van der Waals surface area contributed by atoms with Crippen LogP contribution in [0.3, 0.4) is 0 Å². The fourth-order valence-corrected chi connectivity index (χ4v) is 3.63. The second-order valence-corrected chi connectivity index (χ2v) is 7.31. The molecule has 0 aromatic carbocycles. The van der Waals surface area contributed by atoms with Crippen LogP contribution in [-0.2, 0) is 4.79 Å². The van der Waals surface area contributed by atoms with Crippen molar-refractivity contribution in [1.29, 1.82) is 0 Å². The second-order valence-electron chi connectivity index (χ2n) is 6.33. The highest BCUT2D eigenvalue weighted by Crippen LogP contribution is 2.42. The van der Waals surface area contributed by atoms with Gasteiger partial charge in [-0.15, -0.1) is 0 Å². The van der Waals surface area contributed by atoms with Crippen LogP contribution >= 0.6 is 11.8 Å². The zero-order valence-electron chi connectivity index (χ0n) is 11.7.